The summed E-state index contributed by atoms with van der Waals surface area (Å²) in [5.74, 6) is 1.95. The first-order chi connectivity index (χ1) is 14.7. The number of hydrogen-bond donors (Lipinski definition) is 0. The third-order valence-corrected chi connectivity index (χ3v) is 5.72. The van der Waals surface area contributed by atoms with Crippen molar-refractivity contribution in [1.82, 2.24) is 4.90 Å². The molecule has 1 aromatic heterocycles. The first kappa shape index (κ1) is 23.2. The third kappa shape index (κ3) is 6.02. The average molecular weight is 444 g/mol. The van der Waals surface area contributed by atoms with E-state index in [2.05, 4.69) is 35.2 Å². The van der Waals surface area contributed by atoms with Crippen LogP contribution in [0.15, 0.2) is 63.8 Å². The van der Waals surface area contributed by atoms with Gasteiger partial charge in [-0.2, -0.15) is 0 Å². The fourth-order valence-corrected chi connectivity index (χ4v) is 4.17. The molecule has 5 nitrogen and oxygen atoms in total. The molecule has 1 aliphatic rings. The van der Waals surface area contributed by atoms with Gasteiger partial charge in [0.15, 0.2) is 0 Å². The standard InChI is InChI=1S/C25H29NO4.ClH/c1-2-28-23-18-25(27)30-24-17-21(9-10-22(23)24)29-16-6-13-26-14-11-20(12-15-26)19-7-4-3-5-8-19;/h3-5,7-10,17-18,20H,2,6,11-16H2,1H3;1H. The van der Waals surface area contributed by atoms with Crippen LogP contribution in [-0.2, 0) is 0 Å². The predicted octanol–water partition coefficient (Wildman–Crippen LogP) is 5.26. The lowest BCUT2D eigenvalue weighted by atomic mass is 9.89. The molecule has 1 aliphatic heterocycles. The molecule has 3 aromatic rings. The molecule has 31 heavy (non-hydrogen) atoms. The van der Waals surface area contributed by atoms with Crippen LogP contribution in [0.2, 0.25) is 0 Å². The first-order valence-corrected chi connectivity index (χ1v) is 10.8. The van der Waals surface area contributed by atoms with E-state index < -0.39 is 5.63 Å². The van der Waals surface area contributed by atoms with Crippen LogP contribution >= 0.6 is 12.4 Å². The zero-order chi connectivity index (χ0) is 20.8. The van der Waals surface area contributed by atoms with E-state index in [1.165, 1.54) is 24.5 Å². The molecule has 2 heterocycles. The number of rotatable bonds is 8. The number of piperidine rings is 1. The van der Waals surface area contributed by atoms with Crippen LogP contribution in [0.1, 0.15) is 37.7 Å². The molecule has 0 amide bonds. The summed E-state index contributed by atoms with van der Waals surface area (Å²) in [4.78, 5) is 14.3. The Hall–Kier alpha value is -2.50. The van der Waals surface area contributed by atoms with E-state index in [-0.39, 0.29) is 12.4 Å². The maximum absolute atomic E-state index is 11.7. The van der Waals surface area contributed by atoms with E-state index in [4.69, 9.17) is 13.9 Å². The van der Waals surface area contributed by atoms with Gasteiger partial charge in [-0.25, -0.2) is 4.79 Å². The molecule has 0 aliphatic carbocycles. The summed E-state index contributed by atoms with van der Waals surface area (Å²) in [5, 5.41) is 0.782. The zero-order valence-corrected chi connectivity index (χ0v) is 18.7. The molecule has 1 fully saturated rings. The van der Waals surface area contributed by atoms with E-state index in [0.29, 0.717) is 36.2 Å². The van der Waals surface area contributed by atoms with Crippen molar-refractivity contribution in [3.63, 3.8) is 0 Å². The predicted molar refractivity (Wildman–Crippen MR) is 126 cm³/mol. The number of hydrogen-bond acceptors (Lipinski definition) is 5. The number of halogens is 1. The fraction of sp³-hybridized carbons (Fsp3) is 0.400. The number of benzene rings is 2. The molecule has 6 heteroatoms. The molecule has 0 bridgehead atoms. The molecule has 0 saturated carbocycles. The molecule has 166 valence electrons. The summed E-state index contributed by atoms with van der Waals surface area (Å²) in [6, 6.07) is 17.8. The molecule has 0 spiro atoms. The zero-order valence-electron chi connectivity index (χ0n) is 17.9. The van der Waals surface area contributed by atoms with Crippen LogP contribution in [0.4, 0.5) is 0 Å². The number of ether oxygens (including phenoxy) is 2. The van der Waals surface area contributed by atoms with Gasteiger partial charge in [-0.3, -0.25) is 0 Å². The van der Waals surface area contributed by atoms with Gasteiger partial charge < -0.3 is 18.8 Å². The van der Waals surface area contributed by atoms with Crippen molar-refractivity contribution in [2.24, 2.45) is 0 Å². The second kappa shape index (κ2) is 11.2. The van der Waals surface area contributed by atoms with Gasteiger partial charge in [0.1, 0.15) is 17.1 Å². The van der Waals surface area contributed by atoms with Crippen molar-refractivity contribution in [3.05, 3.63) is 70.6 Å². The molecule has 4 rings (SSSR count). The molecule has 0 radical (unpaired) electrons. The van der Waals surface area contributed by atoms with Crippen LogP contribution in [0.5, 0.6) is 11.5 Å². The highest BCUT2D eigenvalue weighted by Gasteiger charge is 2.20. The SMILES string of the molecule is CCOc1cc(=O)oc2cc(OCCCN3CCC(c4ccccc4)CC3)ccc12.Cl. The Morgan fingerprint density at radius 1 is 1.03 bits per heavy atom. The molecular formula is C25H30ClNO4. The average Bonchev–Trinajstić information content (AvgIpc) is 2.77. The summed E-state index contributed by atoms with van der Waals surface area (Å²) in [6.07, 6.45) is 3.41. The van der Waals surface area contributed by atoms with Crippen LogP contribution in [-0.4, -0.2) is 37.7 Å². The second-order valence-corrected chi connectivity index (χ2v) is 7.75. The van der Waals surface area contributed by atoms with Crippen LogP contribution < -0.4 is 15.1 Å². The molecule has 1 saturated heterocycles. The van der Waals surface area contributed by atoms with Crippen molar-refractivity contribution >= 4 is 23.4 Å². The molecular weight excluding hydrogens is 414 g/mol. The Morgan fingerprint density at radius 3 is 2.55 bits per heavy atom. The van der Waals surface area contributed by atoms with Gasteiger partial charge in [0.2, 0.25) is 0 Å². The third-order valence-electron chi connectivity index (χ3n) is 5.72. The summed E-state index contributed by atoms with van der Waals surface area (Å²) in [5.41, 5.74) is 1.55. The van der Waals surface area contributed by atoms with E-state index in [9.17, 15) is 4.79 Å². The monoisotopic (exact) mass is 443 g/mol. The number of likely N-dealkylation sites (tertiary alicyclic amines) is 1. The minimum atomic E-state index is -0.415. The van der Waals surface area contributed by atoms with Gasteiger partial charge in [-0.1, -0.05) is 30.3 Å². The Bertz CT molecular complexity index is 1010. The maximum atomic E-state index is 11.7. The quantitative estimate of drug-likeness (QED) is 0.351. The Kier molecular flexibility index (Phi) is 8.38. The van der Waals surface area contributed by atoms with Gasteiger partial charge in [-0.05, 0) is 62.9 Å². The smallest absolute Gasteiger partial charge is 0.339 e. The first-order valence-electron chi connectivity index (χ1n) is 10.8. The van der Waals surface area contributed by atoms with Gasteiger partial charge in [0.25, 0.3) is 0 Å². The van der Waals surface area contributed by atoms with E-state index in [0.717, 1.165) is 31.4 Å². The van der Waals surface area contributed by atoms with Gasteiger partial charge in [0.05, 0.1) is 24.7 Å². The topological polar surface area (TPSA) is 51.9 Å². The Labute approximate surface area is 189 Å². The lowest BCUT2D eigenvalue weighted by Crippen LogP contribution is -2.34. The van der Waals surface area contributed by atoms with Crippen molar-refractivity contribution < 1.29 is 13.9 Å². The largest absolute Gasteiger partial charge is 0.493 e. The Balaban J connectivity index is 0.00000272. The molecule has 0 unspecified atom stereocenters. The second-order valence-electron chi connectivity index (χ2n) is 7.75. The highest BCUT2D eigenvalue weighted by molar-refractivity contribution is 5.85. The van der Waals surface area contributed by atoms with Crippen molar-refractivity contribution in [3.8, 4) is 11.5 Å². The minimum Gasteiger partial charge on any atom is -0.493 e. The highest BCUT2D eigenvalue weighted by atomic mass is 35.5. The maximum Gasteiger partial charge on any atom is 0.339 e. The van der Waals surface area contributed by atoms with Crippen molar-refractivity contribution in [1.29, 1.82) is 0 Å². The lowest BCUT2D eigenvalue weighted by Gasteiger charge is -2.32. The number of nitrogens with zero attached hydrogens (tertiary/aromatic N) is 1. The minimum absolute atomic E-state index is 0. The van der Waals surface area contributed by atoms with E-state index >= 15 is 0 Å². The molecule has 2 aromatic carbocycles. The highest BCUT2D eigenvalue weighted by Crippen LogP contribution is 2.29. The van der Waals surface area contributed by atoms with Crippen molar-refractivity contribution in [2.75, 3.05) is 32.8 Å². The number of fused-ring (bicyclic) bond motifs is 1. The summed E-state index contributed by atoms with van der Waals surface area (Å²) in [6.45, 7) is 6.35. The molecule has 0 atom stereocenters. The van der Waals surface area contributed by atoms with Gasteiger partial charge >= 0.3 is 5.63 Å². The fourth-order valence-electron chi connectivity index (χ4n) is 4.17. The van der Waals surface area contributed by atoms with Crippen LogP contribution in [0, 0.1) is 0 Å². The lowest BCUT2D eigenvalue weighted by molar-refractivity contribution is 0.193. The summed E-state index contributed by atoms with van der Waals surface area (Å²) < 4.78 is 16.8. The van der Waals surface area contributed by atoms with Gasteiger partial charge in [-0.15, -0.1) is 12.4 Å². The summed E-state index contributed by atoms with van der Waals surface area (Å²) >= 11 is 0. The van der Waals surface area contributed by atoms with Gasteiger partial charge in [0, 0.05) is 12.6 Å². The van der Waals surface area contributed by atoms with Crippen LogP contribution in [0.3, 0.4) is 0 Å². The van der Waals surface area contributed by atoms with E-state index in [1.54, 1.807) is 6.07 Å². The Morgan fingerprint density at radius 2 is 1.81 bits per heavy atom. The van der Waals surface area contributed by atoms with Crippen LogP contribution in [0.25, 0.3) is 11.0 Å². The van der Waals surface area contributed by atoms with Crippen molar-refractivity contribution in [2.45, 2.75) is 32.1 Å². The molecule has 0 N–H and O–H groups in total. The van der Waals surface area contributed by atoms with E-state index in [1.807, 2.05) is 19.1 Å². The normalized spacial score (nSPS) is 14.9. The summed E-state index contributed by atoms with van der Waals surface area (Å²) in [7, 11) is 0.